The Labute approximate surface area is 293 Å². The normalized spacial score (nSPS) is 16.9. The van der Waals surface area contributed by atoms with Crippen LogP contribution in [0, 0.1) is 19.8 Å². The van der Waals surface area contributed by atoms with Crippen LogP contribution in [0.15, 0.2) is 108 Å². The predicted octanol–water partition coefficient (Wildman–Crippen LogP) is 7.50. The Morgan fingerprint density at radius 1 is 0.740 bits per heavy atom. The number of aromatic nitrogens is 5. The van der Waals surface area contributed by atoms with Crippen molar-refractivity contribution < 1.29 is 0 Å². The number of nitrogens with zero attached hydrogens (tertiary/aromatic N) is 6. The Kier molecular flexibility index (Phi) is 8.84. The van der Waals surface area contributed by atoms with Crippen LogP contribution in [-0.2, 0) is 39.3 Å². The molecule has 254 valence electrons. The lowest BCUT2D eigenvalue weighted by atomic mass is 9.85. The van der Waals surface area contributed by atoms with Crippen molar-refractivity contribution >= 4 is 27.8 Å². The molecular weight excluding hydrogens is 617 g/mol. The summed E-state index contributed by atoms with van der Waals surface area (Å²) in [6.45, 7) is 6.98. The van der Waals surface area contributed by atoms with E-state index in [1.165, 1.54) is 28.0 Å². The minimum Gasteiger partial charge on any atom is -0.328 e. The summed E-state index contributed by atoms with van der Waals surface area (Å²) in [7, 11) is 1.99. The van der Waals surface area contributed by atoms with Gasteiger partial charge in [-0.05, 0) is 99.4 Å². The van der Waals surface area contributed by atoms with Gasteiger partial charge in [0.1, 0.15) is 5.82 Å². The van der Waals surface area contributed by atoms with Gasteiger partial charge in [0.15, 0.2) is 0 Å². The van der Waals surface area contributed by atoms with Crippen LogP contribution in [0.4, 0.5) is 0 Å². The number of rotatable bonds is 10. The first-order valence-corrected chi connectivity index (χ1v) is 18.2. The third-order valence-electron chi connectivity index (χ3n) is 11.1. The molecule has 1 aliphatic rings. The summed E-state index contributed by atoms with van der Waals surface area (Å²) < 4.78 is 6.30. The zero-order valence-corrected chi connectivity index (χ0v) is 29.4. The molecule has 1 aliphatic heterocycles. The van der Waals surface area contributed by atoms with Crippen LogP contribution in [0.2, 0.25) is 0 Å². The van der Waals surface area contributed by atoms with E-state index >= 15 is 0 Å². The second-order valence-corrected chi connectivity index (χ2v) is 14.2. The van der Waals surface area contributed by atoms with E-state index in [-0.39, 0.29) is 5.56 Å². The maximum Gasteiger partial charge on any atom is 0.263 e. The molecule has 8 rings (SSSR count). The van der Waals surface area contributed by atoms with Crippen LogP contribution in [0.5, 0.6) is 0 Å². The monoisotopic (exact) mass is 662 g/mol. The average molecular weight is 663 g/mol. The number of fused-ring (bicyclic) bond motifs is 4. The van der Waals surface area contributed by atoms with E-state index in [4.69, 9.17) is 9.97 Å². The molecule has 1 fully saturated rings. The van der Waals surface area contributed by atoms with Crippen molar-refractivity contribution in [3.8, 4) is 0 Å². The predicted molar refractivity (Wildman–Crippen MR) is 203 cm³/mol. The second kappa shape index (κ2) is 13.7. The van der Waals surface area contributed by atoms with Crippen molar-refractivity contribution in [1.29, 1.82) is 0 Å². The van der Waals surface area contributed by atoms with Gasteiger partial charge in [0.2, 0.25) is 5.78 Å². The summed E-state index contributed by atoms with van der Waals surface area (Å²) in [5, 5.41) is 0. The molecule has 4 heterocycles. The van der Waals surface area contributed by atoms with Crippen molar-refractivity contribution in [2.45, 2.75) is 65.0 Å². The van der Waals surface area contributed by atoms with Gasteiger partial charge < -0.3 is 9.13 Å². The highest BCUT2D eigenvalue weighted by atomic mass is 16.1. The van der Waals surface area contributed by atoms with E-state index in [1.807, 2.05) is 36.7 Å². The number of benzene rings is 4. The molecule has 0 radical (unpaired) electrons. The molecular formula is C43H46N6O. The summed E-state index contributed by atoms with van der Waals surface area (Å²) in [5.41, 5.74) is 10.1. The standard InChI is InChI=1S/C43H46N6O/c1-30-13-7-8-16-34(30)22-26-48-38-18-10-9-17-37(38)45-41(48)29-33-21-24-47(35(28-33)27-32-14-5-4-6-15-32)25-23-36-31(2)44-43-46(3)39-19-11-12-20-40(39)49(43)42(36)50/h4-20,33,35H,21-29H2,1-3H3. The van der Waals surface area contributed by atoms with Gasteiger partial charge >= 0.3 is 0 Å². The Bertz CT molecular complexity index is 2350. The van der Waals surface area contributed by atoms with E-state index in [0.717, 1.165) is 79.5 Å². The first-order chi connectivity index (χ1) is 24.4. The Hall–Kier alpha value is -5.01. The van der Waals surface area contributed by atoms with Gasteiger partial charge in [0.25, 0.3) is 5.56 Å². The minimum absolute atomic E-state index is 0.0587. The van der Waals surface area contributed by atoms with Crippen molar-refractivity contribution in [2.75, 3.05) is 13.1 Å². The van der Waals surface area contributed by atoms with Crippen LogP contribution in [0.3, 0.4) is 0 Å². The minimum atomic E-state index is 0.0587. The zero-order chi connectivity index (χ0) is 34.2. The van der Waals surface area contributed by atoms with Gasteiger partial charge in [-0.2, -0.15) is 0 Å². The van der Waals surface area contributed by atoms with Crippen LogP contribution in [-0.4, -0.2) is 47.5 Å². The van der Waals surface area contributed by atoms with E-state index in [9.17, 15) is 4.79 Å². The highest BCUT2D eigenvalue weighted by molar-refractivity contribution is 5.80. The number of aryl methyl sites for hydroxylation is 5. The summed E-state index contributed by atoms with van der Waals surface area (Å²) in [4.78, 5) is 26.8. The lowest BCUT2D eigenvalue weighted by molar-refractivity contribution is 0.111. The van der Waals surface area contributed by atoms with Crippen molar-refractivity contribution in [3.63, 3.8) is 0 Å². The topological polar surface area (TPSA) is 60.4 Å². The van der Waals surface area contributed by atoms with Gasteiger partial charge in [-0.1, -0.05) is 78.9 Å². The molecule has 7 nitrogen and oxygen atoms in total. The fourth-order valence-electron chi connectivity index (χ4n) is 8.35. The fourth-order valence-corrected chi connectivity index (χ4v) is 8.35. The van der Waals surface area contributed by atoms with E-state index < -0.39 is 0 Å². The number of imidazole rings is 2. The quantitative estimate of drug-likeness (QED) is 0.152. The van der Waals surface area contributed by atoms with Crippen LogP contribution >= 0.6 is 0 Å². The largest absolute Gasteiger partial charge is 0.328 e. The number of hydrogen-bond donors (Lipinski definition) is 0. The summed E-state index contributed by atoms with van der Waals surface area (Å²) in [6.07, 6.45) is 5.88. The van der Waals surface area contributed by atoms with Gasteiger partial charge in [-0.15, -0.1) is 0 Å². The molecule has 3 aromatic heterocycles. The molecule has 0 aliphatic carbocycles. The van der Waals surface area contributed by atoms with E-state index in [2.05, 4.69) is 101 Å². The Morgan fingerprint density at radius 3 is 2.28 bits per heavy atom. The van der Waals surface area contributed by atoms with Gasteiger partial charge in [0.05, 0.1) is 27.8 Å². The average Bonchev–Trinajstić information content (AvgIpc) is 3.62. The van der Waals surface area contributed by atoms with Crippen molar-refractivity contribution in [3.05, 3.63) is 147 Å². The van der Waals surface area contributed by atoms with Gasteiger partial charge in [-0.3, -0.25) is 9.69 Å². The first kappa shape index (κ1) is 32.2. The Morgan fingerprint density at radius 2 is 1.46 bits per heavy atom. The fraction of sp³-hybridized carbons (Fsp3) is 0.326. The number of piperidine rings is 1. The van der Waals surface area contributed by atoms with Crippen molar-refractivity contribution in [1.82, 2.24) is 28.4 Å². The molecule has 0 bridgehead atoms. The van der Waals surface area contributed by atoms with Gasteiger partial charge in [0, 0.05) is 38.2 Å². The third kappa shape index (κ3) is 6.15. The maximum absolute atomic E-state index is 14.0. The van der Waals surface area contributed by atoms with E-state index in [1.54, 1.807) is 4.40 Å². The highest BCUT2D eigenvalue weighted by Crippen LogP contribution is 2.30. The highest BCUT2D eigenvalue weighted by Gasteiger charge is 2.30. The molecule has 2 unspecified atom stereocenters. The summed E-state index contributed by atoms with van der Waals surface area (Å²) in [6, 6.07) is 36.7. The van der Waals surface area contributed by atoms with Crippen LogP contribution in [0.25, 0.3) is 27.8 Å². The van der Waals surface area contributed by atoms with Crippen molar-refractivity contribution in [2.24, 2.45) is 13.0 Å². The lowest BCUT2D eigenvalue weighted by Gasteiger charge is -2.40. The van der Waals surface area contributed by atoms with Crippen LogP contribution < -0.4 is 5.56 Å². The first-order valence-electron chi connectivity index (χ1n) is 18.2. The SMILES string of the molecule is Cc1ccccc1CCn1c(CC2CCN(CCc3c(C)nc4n(C)c5ccccc5n4c3=O)C(Cc3ccccc3)C2)nc2ccccc21. The number of hydrogen-bond acceptors (Lipinski definition) is 4. The van der Waals surface area contributed by atoms with E-state index in [0.29, 0.717) is 24.2 Å². The summed E-state index contributed by atoms with van der Waals surface area (Å²) in [5.74, 6) is 2.44. The maximum atomic E-state index is 14.0. The molecule has 1 saturated heterocycles. The molecule has 4 aromatic carbocycles. The number of likely N-dealkylation sites (tertiary alicyclic amines) is 1. The molecule has 2 atom stereocenters. The van der Waals surface area contributed by atoms with Crippen LogP contribution in [0.1, 0.15) is 46.6 Å². The van der Waals surface area contributed by atoms with Gasteiger partial charge in [-0.25, -0.2) is 14.4 Å². The lowest BCUT2D eigenvalue weighted by Crippen LogP contribution is -2.45. The third-order valence-corrected chi connectivity index (χ3v) is 11.1. The molecule has 7 heteroatoms. The zero-order valence-electron chi connectivity index (χ0n) is 29.4. The molecule has 7 aromatic rings. The summed E-state index contributed by atoms with van der Waals surface area (Å²) >= 11 is 0. The number of para-hydroxylation sites is 4. The molecule has 0 N–H and O–H groups in total. The molecule has 0 spiro atoms. The smallest absolute Gasteiger partial charge is 0.263 e. The Balaban J connectivity index is 1.04. The second-order valence-electron chi connectivity index (χ2n) is 14.2. The molecule has 50 heavy (non-hydrogen) atoms. The molecule has 0 saturated carbocycles. The molecule has 0 amide bonds.